The molecule has 0 aliphatic carbocycles. The summed E-state index contributed by atoms with van der Waals surface area (Å²) in [5.41, 5.74) is 2.34. The van der Waals surface area contributed by atoms with Crippen molar-refractivity contribution in [3.05, 3.63) is 70.1 Å². The highest BCUT2D eigenvalue weighted by Gasteiger charge is 2.15. The molecule has 2 aromatic carbocycles. The first kappa shape index (κ1) is 14.1. The largest absolute Gasteiger partial charge is 0.465 e. The molecule has 1 aromatic heterocycles. The number of hydrogen-bond acceptors (Lipinski definition) is 4. The van der Waals surface area contributed by atoms with Crippen LogP contribution in [0.15, 0.2) is 57.7 Å². The van der Waals surface area contributed by atoms with Crippen molar-refractivity contribution in [2.75, 3.05) is 7.11 Å². The Kier molecular flexibility index (Phi) is 3.51. The second-order valence-electron chi connectivity index (χ2n) is 4.96. The lowest BCUT2D eigenvalue weighted by Gasteiger charge is -2.09. The molecule has 3 rings (SSSR count). The van der Waals surface area contributed by atoms with Crippen molar-refractivity contribution >= 4 is 16.9 Å². The molecule has 0 bridgehead atoms. The summed E-state index contributed by atoms with van der Waals surface area (Å²) in [6, 6.07) is 14.3. The van der Waals surface area contributed by atoms with Gasteiger partial charge in [0.2, 0.25) is 0 Å². The first-order chi connectivity index (χ1) is 10.6. The van der Waals surface area contributed by atoms with Gasteiger partial charge in [0, 0.05) is 5.39 Å². The van der Waals surface area contributed by atoms with E-state index in [2.05, 4.69) is 0 Å². The van der Waals surface area contributed by atoms with Gasteiger partial charge >= 0.3 is 11.6 Å². The molecule has 0 spiro atoms. The monoisotopic (exact) mass is 294 g/mol. The third kappa shape index (κ3) is 2.29. The minimum absolute atomic E-state index is 0.426. The number of hydrogen-bond donors (Lipinski definition) is 0. The summed E-state index contributed by atoms with van der Waals surface area (Å²) in [6.07, 6.45) is 0. The second kappa shape index (κ2) is 5.48. The maximum atomic E-state index is 12.3. The highest BCUT2D eigenvalue weighted by Crippen LogP contribution is 2.26. The fourth-order valence-corrected chi connectivity index (χ4v) is 2.51. The van der Waals surface area contributed by atoms with Crippen LogP contribution in [0.4, 0.5) is 0 Å². The van der Waals surface area contributed by atoms with Crippen LogP contribution in [-0.4, -0.2) is 13.1 Å². The molecule has 22 heavy (non-hydrogen) atoms. The van der Waals surface area contributed by atoms with Crippen molar-refractivity contribution in [1.29, 1.82) is 0 Å². The fraction of sp³-hybridized carbons (Fsp3) is 0.111. The fourth-order valence-electron chi connectivity index (χ4n) is 2.51. The Bertz CT molecular complexity index is 922. The average molecular weight is 294 g/mol. The maximum absolute atomic E-state index is 12.3. The summed E-state index contributed by atoms with van der Waals surface area (Å²) in [5, 5.41) is 0.833. The van der Waals surface area contributed by atoms with Gasteiger partial charge in [0.05, 0.1) is 18.2 Å². The minimum Gasteiger partial charge on any atom is -0.465 e. The topological polar surface area (TPSA) is 56.5 Å². The highest BCUT2D eigenvalue weighted by atomic mass is 16.5. The van der Waals surface area contributed by atoms with Crippen molar-refractivity contribution in [2.24, 2.45) is 0 Å². The van der Waals surface area contributed by atoms with E-state index in [9.17, 15) is 9.59 Å². The first-order valence-corrected chi connectivity index (χ1v) is 6.83. The van der Waals surface area contributed by atoms with Crippen LogP contribution < -0.4 is 5.63 Å². The van der Waals surface area contributed by atoms with Gasteiger partial charge in [-0.15, -0.1) is 0 Å². The number of methoxy groups -OCH3 is 1. The number of rotatable bonds is 2. The lowest BCUT2D eigenvalue weighted by Crippen LogP contribution is -2.08. The Morgan fingerprint density at radius 2 is 1.82 bits per heavy atom. The predicted molar refractivity (Wildman–Crippen MR) is 84.0 cm³/mol. The zero-order valence-electron chi connectivity index (χ0n) is 12.3. The molecule has 4 nitrogen and oxygen atoms in total. The zero-order valence-corrected chi connectivity index (χ0v) is 12.3. The van der Waals surface area contributed by atoms with Crippen molar-refractivity contribution in [3.63, 3.8) is 0 Å². The molecule has 4 heteroatoms. The Morgan fingerprint density at radius 3 is 2.59 bits per heavy atom. The van der Waals surface area contributed by atoms with Gasteiger partial charge in [-0.2, -0.15) is 0 Å². The van der Waals surface area contributed by atoms with Crippen LogP contribution >= 0.6 is 0 Å². The van der Waals surface area contributed by atoms with Gasteiger partial charge < -0.3 is 9.15 Å². The number of carbonyl (C=O) groups is 1. The van der Waals surface area contributed by atoms with Gasteiger partial charge in [-0.25, -0.2) is 9.59 Å². The number of carbonyl (C=O) groups excluding carboxylic acids is 1. The molecule has 0 unspecified atom stereocenters. The van der Waals surface area contributed by atoms with Gasteiger partial charge in [0.25, 0.3) is 0 Å². The van der Waals surface area contributed by atoms with E-state index in [0.29, 0.717) is 27.8 Å². The lowest BCUT2D eigenvalue weighted by molar-refractivity contribution is 0.0600. The van der Waals surface area contributed by atoms with Crippen molar-refractivity contribution < 1.29 is 13.9 Å². The van der Waals surface area contributed by atoms with Crippen LogP contribution in [0.25, 0.3) is 22.1 Å². The van der Waals surface area contributed by atoms with E-state index in [0.717, 1.165) is 5.39 Å². The molecule has 0 atom stereocenters. The summed E-state index contributed by atoms with van der Waals surface area (Å²) in [5.74, 6) is -0.426. The molecule has 0 aliphatic heterocycles. The molecule has 1 heterocycles. The van der Waals surface area contributed by atoms with Gasteiger partial charge in [0.15, 0.2) is 0 Å². The first-order valence-electron chi connectivity index (χ1n) is 6.83. The van der Waals surface area contributed by atoms with Crippen molar-refractivity contribution in [1.82, 2.24) is 0 Å². The van der Waals surface area contributed by atoms with Crippen molar-refractivity contribution in [2.45, 2.75) is 6.92 Å². The number of ether oxygens (including phenoxy) is 1. The van der Waals surface area contributed by atoms with E-state index in [1.54, 1.807) is 37.3 Å². The lowest BCUT2D eigenvalue weighted by atomic mass is 9.97. The third-order valence-corrected chi connectivity index (χ3v) is 3.67. The van der Waals surface area contributed by atoms with E-state index < -0.39 is 11.6 Å². The summed E-state index contributed by atoms with van der Waals surface area (Å²) in [7, 11) is 1.33. The summed E-state index contributed by atoms with van der Waals surface area (Å²) in [4.78, 5) is 24.0. The minimum atomic E-state index is -0.427. The zero-order chi connectivity index (χ0) is 15.7. The molecule has 0 radical (unpaired) electrons. The molecule has 0 saturated heterocycles. The molecule has 0 fully saturated rings. The number of para-hydroxylation sites is 1. The third-order valence-electron chi connectivity index (χ3n) is 3.67. The van der Waals surface area contributed by atoms with Gasteiger partial charge in [-0.05, 0) is 36.2 Å². The van der Waals surface area contributed by atoms with Gasteiger partial charge in [-0.1, -0.05) is 30.3 Å². The van der Waals surface area contributed by atoms with Crippen LogP contribution in [0.3, 0.4) is 0 Å². The van der Waals surface area contributed by atoms with E-state index in [4.69, 9.17) is 9.15 Å². The number of esters is 1. The molecule has 110 valence electrons. The Morgan fingerprint density at radius 1 is 1.05 bits per heavy atom. The quantitative estimate of drug-likeness (QED) is 0.535. The molecule has 0 saturated carbocycles. The van der Waals surface area contributed by atoms with Crippen LogP contribution in [0, 0.1) is 6.92 Å². The predicted octanol–water partition coefficient (Wildman–Crippen LogP) is 3.56. The summed E-state index contributed by atoms with van der Waals surface area (Å²) in [6.45, 7) is 1.79. The summed E-state index contributed by atoms with van der Waals surface area (Å²) >= 11 is 0. The molecule has 0 amide bonds. The highest BCUT2D eigenvalue weighted by molar-refractivity contribution is 5.94. The Hall–Kier alpha value is -2.88. The number of benzene rings is 2. The second-order valence-corrected chi connectivity index (χ2v) is 4.96. The normalized spacial score (nSPS) is 10.6. The smallest absolute Gasteiger partial charge is 0.344 e. The Labute approximate surface area is 127 Å². The SMILES string of the molecule is COC(=O)c1cccc(-c2cc3ccccc3oc2=O)c1C. The van der Waals surface area contributed by atoms with E-state index in [1.165, 1.54) is 7.11 Å². The standard InChI is InChI=1S/C18H14O4/c1-11-13(7-5-8-14(11)17(19)21-2)15-10-12-6-3-4-9-16(12)22-18(15)20/h3-10H,1-2H3. The van der Waals surface area contributed by atoms with E-state index in [1.807, 2.05) is 18.2 Å². The van der Waals surface area contributed by atoms with Crippen LogP contribution in [0.5, 0.6) is 0 Å². The van der Waals surface area contributed by atoms with Crippen LogP contribution in [-0.2, 0) is 4.74 Å². The Balaban J connectivity index is 2.26. The molecule has 0 aliphatic rings. The van der Waals surface area contributed by atoms with Crippen LogP contribution in [0.1, 0.15) is 15.9 Å². The molecule has 0 N–H and O–H groups in total. The van der Waals surface area contributed by atoms with Gasteiger partial charge in [0.1, 0.15) is 5.58 Å². The number of fused-ring (bicyclic) bond motifs is 1. The molecule has 3 aromatic rings. The molecular formula is C18H14O4. The van der Waals surface area contributed by atoms with Gasteiger partial charge in [-0.3, -0.25) is 0 Å². The molecular weight excluding hydrogens is 280 g/mol. The van der Waals surface area contributed by atoms with E-state index >= 15 is 0 Å². The van der Waals surface area contributed by atoms with Crippen LogP contribution in [0.2, 0.25) is 0 Å². The van der Waals surface area contributed by atoms with E-state index in [-0.39, 0.29) is 0 Å². The summed E-state index contributed by atoms with van der Waals surface area (Å²) < 4.78 is 10.1. The average Bonchev–Trinajstić information content (AvgIpc) is 2.54. The van der Waals surface area contributed by atoms with Crippen molar-refractivity contribution in [3.8, 4) is 11.1 Å². The maximum Gasteiger partial charge on any atom is 0.344 e.